The number of hydrogen-bond acceptors (Lipinski definition) is 5. The number of aromatic nitrogens is 2. The molecule has 0 bridgehead atoms. The van der Waals surface area contributed by atoms with Gasteiger partial charge in [-0.2, -0.15) is 0 Å². The van der Waals surface area contributed by atoms with Crippen molar-refractivity contribution < 1.29 is 18.7 Å². The third-order valence-corrected chi connectivity index (χ3v) is 4.36. The quantitative estimate of drug-likeness (QED) is 0.703. The van der Waals surface area contributed by atoms with E-state index in [9.17, 15) is 9.18 Å². The third kappa shape index (κ3) is 4.22. The van der Waals surface area contributed by atoms with Gasteiger partial charge >= 0.3 is 6.09 Å². The Morgan fingerprint density at radius 1 is 1.29 bits per heavy atom. The zero-order valence-electron chi connectivity index (χ0n) is 15.0. The Labute approximate surface area is 161 Å². The summed E-state index contributed by atoms with van der Waals surface area (Å²) >= 11 is 0. The van der Waals surface area contributed by atoms with Crippen LogP contribution in [-0.4, -0.2) is 29.2 Å². The molecule has 0 radical (unpaired) electrons. The van der Waals surface area contributed by atoms with Gasteiger partial charge in [0.15, 0.2) is 0 Å². The number of nitrogens with zero attached hydrogens (tertiary/aromatic N) is 2. The molecule has 144 valence electrons. The summed E-state index contributed by atoms with van der Waals surface area (Å²) in [6.07, 6.45) is 2.84. The highest BCUT2D eigenvalue weighted by molar-refractivity contribution is 5.86. The molecule has 0 atom stereocenters. The molecule has 0 fully saturated rings. The second kappa shape index (κ2) is 7.99. The molecule has 1 amide bonds. The van der Waals surface area contributed by atoms with Crippen molar-refractivity contribution in [3.63, 3.8) is 0 Å². The molecule has 3 aromatic rings. The van der Waals surface area contributed by atoms with Crippen LogP contribution in [-0.2, 0) is 17.9 Å². The molecule has 1 aliphatic heterocycles. The van der Waals surface area contributed by atoms with E-state index in [2.05, 4.69) is 20.2 Å². The molecule has 0 aliphatic carbocycles. The number of rotatable bonds is 5. The maximum atomic E-state index is 12.9. The minimum absolute atomic E-state index is 0.0616. The number of amides is 1. The first-order valence-corrected chi connectivity index (χ1v) is 8.85. The van der Waals surface area contributed by atoms with E-state index in [0.29, 0.717) is 24.4 Å². The van der Waals surface area contributed by atoms with E-state index in [1.165, 1.54) is 12.1 Å². The molecule has 0 unspecified atom stereocenters. The number of ether oxygens (including phenoxy) is 2. The second-order valence-corrected chi connectivity index (χ2v) is 6.36. The standard InChI is InChI=1S/C20H19FN4O3/c21-15-3-1-14(2-4-15)12-28-20(26)24-16-5-6-19-18(9-16)25(7-8-27-19)11-17-10-22-13-23-17/h1-6,9-10,13H,7-8,11-12H2,(H,22,23)(H,24,26). The lowest BCUT2D eigenvalue weighted by molar-refractivity contribution is 0.155. The Balaban J connectivity index is 1.41. The molecule has 1 aliphatic rings. The van der Waals surface area contributed by atoms with E-state index < -0.39 is 6.09 Å². The summed E-state index contributed by atoms with van der Waals surface area (Å²) in [5, 5.41) is 2.72. The first-order valence-electron chi connectivity index (χ1n) is 8.85. The van der Waals surface area contributed by atoms with E-state index in [-0.39, 0.29) is 12.4 Å². The molecule has 1 aromatic heterocycles. The zero-order valence-corrected chi connectivity index (χ0v) is 15.0. The number of benzene rings is 2. The number of aromatic amines is 1. The van der Waals surface area contributed by atoms with Crippen LogP contribution in [0.1, 0.15) is 11.3 Å². The molecule has 28 heavy (non-hydrogen) atoms. The largest absolute Gasteiger partial charge is 0.490 e. The summed E-state index contributed by atoms with van der Waals surface area (Å²) in [5.74, 6) is 0.431. The Hall–Kier alpha value is -3.55. The van der Waals surface area contributed by atoms with Gasteiger partial charge < -0.3 is 19.4 Å². The van der Waals surface area contributed by atoms with Crippen molar-refractivity contribution in [1.82, 2.24) is 9.97 Å². The van der Waals surface area contributed by atoms with Gasteiger partial charge in [0.05, 0.1) is 30.8 Å². The molecule has 2 N–H and O–H groups in total. The molecule has 8 heteroatoms. The lowest BCUT2D eigenvalue weighted by Crippen LogP contribution is -2.32. The van der Waals surface area contributed by atoms with Crippen LogP contribution in [0.25, 0.3) is 0 Å². The lowest BCUT2D eigenvalue weighted by atomic mass is 10.2. The predicted octanol–water partition coefficient (Wildman–Crippen LogP) is 3.70. The molecule has 0 saturated heterocycles. The Bertz CT molecular complexity index is 945. The highest BCUT2D eigenvalue weighted by Gasteiger charge is 2.19. The van der Waals surface area contributed by atoms with Gasteiger partial charge in [0, 0.05) is 11.9 Å². The minimum Gasteiger partial charge on any atom is -0.490 e. The van der Waals surface area contributed by atoms with Crippen molar-refractivity contribution in [2.45, 2.75) is 13.2 Å². The van der Waals surface area contributed by atoms with E-state index in [1.54, 1.807) is 30.7 Å². The first-order chi connectivity index (χ1) is 13.7. The van der Waals surface area contributed by atoms with Crippen LogP contribution in [0.5, 0.6) is 5.75 Å². The van der Waals surface area contributed by atoms with Crippen LogP contribution in [0.4, 0.5) is 20.6 Å². The molecule has 7 nitrogen and oxygen atoms in total. The monoisotopic (exact) mass is 382 g/mol. The topological polar surface area (TPSA) is 79.5 Å². The van der Waals surface area contributed by atoms with Gasteiger partial charge in [-0.3, -0.25) is 5.32 Å². The molecular weight excluding hydrogens is 363 g/mol. The first kappa shape index (κ1) is 17.8. The number of fused-ring (bicyclic) bond motifs is 1. The molecule has 0 spiro atoms. The number of H-pyrrole nitrogens is 1. The van der Waals surface area contributed by atoms with Gasteiger partial charge in [0.2, 0.25) is 0 Å². The number of carbonyl (C=O) groups is 1. The van der Waals surface area contributed by atoms with Gasteiger partial charge in [-0.15, -0.1) is 0 Å². The molecular formula is C20H19FN4O3. The SMILES string of the molecule is O=C(Nc1ccc2c(c1)N(Cc1cnc[nH]1)CCO2)OCc1ccc(F)cc1. The number of anilines is 2. The average molecular weight is 382 g/mol. The summed E-state index contributed by atoms with van der Waals surface area (Å²) in [6.45, 7) is 2.04. The highest BCUT2D eigenvalue weighted by Crippen LogP contribution is 2.34. The number of halogens is 1. The van der Waals surface area contributed by atoms with Gasteiger partial charge in [0.25, 0.3) is 0 Å². The van der Waals surface area contributed by atoms with Crippen LogP contribution in [0.15, 0.2) is 55.0 Å². The maximum absolute atomic E-state index is 12.9. The Morgan fingerprint density at radius 2 is 2.14 bits per heavy atom. The summed E-state index contributed by atoms with van der Waals surface area (Å²) < 4.78 is 23.8. The smallest absolute Gasteiger partial charge is 0.411 e. The second-order valence-electron chi connectivity index (χ2n) is 6.36. The predicted molar refractivity (Wildman–Crippen MR) is 102 cm³/mol. The van der Waals surface area contributed by atoms with Crippen molar-refractivity contribution in [1.29, 1.82) is 0 Å². The fourth-order valence-electron chi connectivity index (χ4n) is 2.98. The van der Waals surface area contributed by atoms with Gasteiger partial charge in [0.1, 0.15) is 24.8 Å². The lowest BCUT2D eigenvalue weighted by Gasteiger charge is -2.31. The summed E-state index contributed by atoms with van der Waals surface area (Å²) in [4.78, 5) is 21.4. The summed E-state index contributed by atoms with van der Waals surface area (Å²) in [6, 6.07) is 11.2. The number of imidazole rings is 1. The molecule has 0 saturated carbocycles. The van der Waals surface area contributed by atoms with Crippen LogP contribution in [0.3, 0.4) is 0 Å². The fourth-order valence-corrected chi connectivity index (χ4v) is 2.98. The normalized spacial score (nSPS) is 12.8. The van der Waals surface area contributed by atoms with Gasteiger partial charge in [-0.1, -0.05) is 12.1 Å². The van der Waals surface area contributed by atoms with Crippen molar-refractivity contribution in [3.8, 4) is 5.75 Å². The minimum atomic E-state index is -0.582. The van der Waals surface area contributed by atoms with Gasteiger partial charge in [-0.25, -0.2) is 14.2 Å². The van der Waals surface area contributed by atoms with Crippen LogP contribution in [0.2, 0.25) is 0 Å². The van der Waals surface area contributed by atoms with E-state index in [0.717, 1.165) is 23.7 Å². The Morgan fingerprint density at radius 3 is 2.93 bits per heavy atom. The van der Waals surface area contributed by atoms with Crippen LogP contribution >= 0.6 is 0 Å². The number of carbonyl (C=O) groups excluding carboxylic acids is 1. The maximum Gasteiger partial charge on any atom is 0.411 e. The van der Waals surface area contributed by atoms with Crippen molar-refractivity contribution in [2.75, 3.05) is 23.4 Å². The van der Waals surface area contributed by atoms with E-state index in [1.807, 2.05) is 12.1 Å². The summed E-state index contributed by atoms with van der Waals surface area (Å²) in [7, 11) is 0. The molecule has 4 rings (SSSR count). The number of hydrogen-bond donors (Lipinski definition) is 2. The van der Waals surface area contributed by atoms with Crippen LogP contribution < -0.4 is 15.0 Å². The van der Waals surface area contributed by atoms with Crippen molar-refractivity contribution in [3.05, 3.63) is 72.1 Å². The molecule has 2 heterocycles. The average Bonchev–Trinajstić information content (AvgIpc) is 3.21. The van der Waals surface area contributed by atoms with Crippen molar-refractivity contribution in [2.24, 2.45) is 0 Å². The summed E-state index contributed by atoms with van der Waals surface area (Å²) in [5.41, 5.74) is 3.19. The van der Waals surface area contributed by atoms with Crippen molar-refractivity contribution >= 4 is 17.5 Å². The third-order valence-electron chi connectivity index (χ3n) is 4.36. The zero-order chi connectivity index (χ0) is 19.3. The fraction of sp³-hybridized carbons (Fsp3) is 0.200. The highest BCUT2D eigenvalue weighted by atomic mass is 19.1. The number of nitrogens with one attached hydrogen (secondary N) is 2. The van der Waals surface area contributed by atoms with E-state index in [4.69, 9.17) is 9.47 Å². The van der Waals surface area contributed by atoms with Crippen LogP contribution in [0, 0.1) is 5.82 Å². The Kier molecular flexibility index (Phi) is 5.09. The van der Waals surface area contributed by atoms with Gasteiger partial charge in [-0.05, 0) is 35.9 Å². The van der Waals surface area contributed by atoms with E-state index >= 15 is 0 Å². The molecule has 2 aromatic carbocycles.